The van der Waals surface area contributed by atoms with Crippen LogP contribution in [0.3, 0.4) is 0 Å². The maximum atomic E-state index is 12.0. The van der Waals surface area contributed by atoms with Gasteiger partial charge < -0.3 is 5.32 Å². The van der Waals surface area contributed by atoms with E-state index in [9.17, 15) is 4.79 Å². The first-order chi connectivity index (χ1) is 8.20. The number of anilines is 1. The zero-order valence-electron chi connectivity index (χ0n) is 11.0. The third-order valence-electron chi connectivity index (χ3n) is 2.77. The Balaban J connectivity index is 2.71. The van der Waals surface area contributed by atoms with Gasteiger partial charge in [-0.2, -0.15) is 0 Å². The second-order valence-electron chi connectivity index (χ2n) is 4.12. The molecule has 0 unspecified atom stereocenters. The number of para-hydroxylation sites is 1. The third-order valence-corrected chi connectivity index (χ3v) is 2.77. The van der Waals surface area contributed by atoms with Crippen molar-refractivity contribution in [2.45, 2.75) is 33.6 Å². The molecular formula is C14H22N2O. The van der Waals surface area contributed by atoms with Crippen LogP contribution >= 0.6 is 0 Å². The standard InChI is InChI=1S/C14H22N2O/c1-4-6-11-15-14(17)16(5-2)13-10-8-7-9-12(13)3/h7-10H,4-6,11H2,1-3H3,(H,15,17). The first-order valence-corrected chi connectivity index (χ1v) is 6.31. The van der Waals surface area contributed by atoms with Gasteiger partial charge in [-0.1, -0.05) is 31.5 Å². The van der Waals surface area contributed by atoms with Crippen LogP contribution in [0.2, 0.25) is 0 Å². The molecule has 0 aromatic heterocycles. The molecule has 0 radical (unpaired) electrons. The number of nitrogens with zero attached hydrogens (tertiary/aromatic N) is 1. The van der Waals surface area contributed by atoms with Crippen LogP contribution in [0.4, 0.5) is 10.5 Å². The molecule has 0 atom stereocenters. The van der Waals surface area contributed by atoms with Gasteiger partial charge in [-0.15, -0.1) is 0 Å². The summed E-state index contributed by atoms with van der Waals surface area (Å²) >= 11 is 0. The first kappa shape index (κ1) is 13.6. The van der Waals surface area contributed by atoms with Crippen LogP contribution in [-0.4, -0.2) is 19.1 Å². The molecule has 0 bridgehead atoms. The van der Waals surface area contributed by atoms with Crippen LogP contribution in [0.25, 0.3) is 0 Å². The highest BCUT2D eigenvalue weighted by Crippen LogP contribution is 2.18. The van der Waals surface area contributed by atoms with Crippen molar-refractivity contribution in [1.29, 1.82) is 0 Å². The van der Waals surface area contributed by atoms with Crippen LogP contribution in [-0.2, 0) is 0 Å². The smallest absolute Gasteiger partial charge is 0.321 e. The number of aryl methyl sites for hydroxylation is 1. The average Bonchev–Trinajstić information content (AvgIpc) is 2.33. The number of benzene rings is 1. The van der Waals surface area contributed by atoms with Crippen molar-refractivity contribution in [2.75, 3.05) is 18.0 Å². The summed E-state index contributed by atoms with van der Waals surface area (Å²) in [4.78, 5) is 13.8. The summed E-state index contributed by atoms with van der Waals surface area (Å²) in [7, 11) is 0. The van der Waals surface area contributed by atoms with E-state index in [2.05, 4.69) is 12.2 Å². The molecule has 0 spiro atoms. The molecule has 0 aliphatic carbocycles. The fourth-order valence-electron chi connectivity index (χ4n) is 1.76. The average molecular weight is 234 g/mol. The summed E-state index contributed by atoms with van der Waals surface area (Å²) in [6, 6.07) is 7.96. The number of hydrogen-bond donors (Lipinski definition) is 1. The van der Waals surface area contributed by atoms with E-state index in [-0.39, 0.29) is 6.03 Å². The minimum Gasteiger partial charge on any atom is -0.338 e. The Hall–Kier alpha value is -1.51. The fraction of sp³-hybridized carbons (Fsp3) is 0.500. The van der Waals surface area contributed by atoms with Crippen molar-refractivity contribution < 1.29 is 4.79 Å². The molecule has 3 nitrogen and oxygen atoms in total. The lowest BCUT2D eigenvalue weighted by Crippen LogP contribution is -2.40. The quantitative estimate of drug-likeness (QED) is 0.779. The van der Waals surface area contributed by atoms with Gasteiger partial charge in [0.25, 0.3) is 0 Å². The van der Waals surface area contributed by atoms with E-state index in [0.717, 1.165) is 30.6 Å². The predicted octanol–water partition coefficient (Wildman–Crippen LogP) is 3.33. The first-order valence-electron chi connectivity index (χ1n) is 6.31. The van der Waals surface area contributed by atoms with Crippen LogP contribution in [0.5, 0.6) is 0 Å². The number of rotatable bonds is 5. The summed E-state index contributed by atoms with van der Waals surface area (Å²) in [6.07, 6.45) is 2.12. The minimum atomic E-state index is -0.00440. The van der Waals surface area contributed by atoms with Crippen molar-refractivity contribution in [2.24, 2.45) is 0 Å². The van der Waals surface area contributed by atoms with Crippen molar-refractivity contribution in [3.05, 3.63) is 29.8 Å². The molecule has 0 fully saturated rings. The second-order valence-corrected chi connectivity index (χ2v) is 4.12. The maximum absolute atomic E-state index is 12.0. The molecule has 3 heteroatoms. The van der Waals surface area contributed by atoms with E-state index in [1.807, 2.05) is 38.1 Å². The summed E-state index contributed by atoms with van der Waals surface area (Å²) in [5, 5.41) is 2.95. The van der Waals surface area contributed by atoms with Gasteiger partial charge in [0.2, 0.25) is 0 Å². The molecule has 1 aromatic rings. The highest BCUT2D eigenvalue weighted by atomic mass is 16.2. The SMILES string of the molecule is CCCCNC(=O)N(CC)c1ccccc1C. The lowest BCUT2D eigenvalue weighted by molar-refractivity contribution is 0.246. The number of urea groups is 1. The van der Waals surface area contributed by atoms with E-state index in [1.54, 1.807) is 4.90 Å². The molecular weight excluding hydrogens is 212 g/mol. The Bertz CT molecular complexity index is 363. The van der Waals surface area contributed by atoms with E-state index < -0.39 is 0 Å². The van der Waals surface area contributed by atoms with Crippen molar-refractivity contribution in [3.63, 3.8) is 0 Å². The van der Waals surface area contributed by atoms with Gasteiger partial charge in [-0.05, 0) is 31.9 Å². The monoisotopic (exact) mass is 234 g/mol. The summed E-state index contributed by atoms with van der Waals surface area (Å²) in [5.74, 6) is 0. The largest absolute Gasteiger partial charge is 0.338 e. The molecule has 0 saturated heterocycles. The Morgan fingerprint density at radius 2 is 2.00 bits per heavy atom. The zero-order chi connectivity index (χ0) is 12.7. The van der Waals surface area contributed by atoms with Gasteiger partial charge in [0.15, 0.2) is 0 Å². The Morgan fingerprint density at radius 1 is 1.29 bits per heavy atom. The van der Waals surface area contributed by atoms with Crippen molar-refractivity contribution >= 4 is 11.7 Å². The number of carbonyl (C=O) groups is 1. The summed E-state index contributed by atoms with van der Waals surface area (Å²) in [5.41, 5.74) is 2.11. The van der Waals surface area contributed by atoms with Gasteiger partial charge in [0.05, 0.1) is 0 Å². The zero-order valence-corrected chi connectivity index (χ0v) is 11.0. The topological polar surface area (TPSA) is 32.3 Å². The molecule has 0 aliphatic heterocycles. The Morgan fingerprint density at radius 3 is 2.59 bits per heavy atom. The van der Waals surface area contributed by atoms with Crippen LogP contribution in [0, 0.1) is 6.92 Å². The predicted molar refractivity (Wildman–Crippen MR) is 72.5 cm³/mol. The van der Waals surface area contributed by atoms with Crippen LogP contribution in [0.1, 0.15) is 32.3 Å². The molecule has 1 aromatic carbocycles. The lowest BCUT2D eigenvalue weighted by Gasteiger charge is -2.23. The normalized spacial score (nSPS) is 10.1. The molecule has 94 valence electrons. The number of amides is 2. The molecule has 2 amide bonds. The second kappa shape index (κ2) is 6.94. The lowest BCUT2D eigenvalue weighted by atomic mass is 10.2. The van der Waals surface area contributed by atoms with Crippen LogP contribution in [0.15, 0.2) is 24.3 Å². The van der Waals surface area contributed by atoms with Gasteiger partial charge >= 0.3 is 6.03 Å². The van der Waals surface area contributed by atoms with Crippen molar-refractivity contribution in [3.8, 4) is 0 Å². The Labute approximate surface area is 104 Å². The highest BCUT2D eigenvalue weighted by Gasteiger charge is 2.14. The van der Waals surface area contributed by atoms with Crippen LogP contribution < -0.4 is 10.2 Å². The van der Waals surface area contributed by atoms with Gasteiger partial charge in [0.1, 0.15) is 0 Å². The Kier molecular flexibility index (Phi) is 5.53. The van der Waals surface area contributed by atoms with Gasteiger partial charge in [-0.25, -0.2) is 4.79 Å². The molecule has 1 N–H and O–H groups in total. The summed E-state index contributed by atoms with van der Waals surface area (Å²) in [6.45, 7) is 7.56. The molecule has 0 aliphatic rings. The number of unbranched alkanes of at least 4 members (excludes halogenated alkanes) is 1. The highest BCUT2D eigenvalue weighted by molar-refractivity contribution is 5.92. The van der Waals surface area contributed by atoms with E-state index in [0.29, 0.717) is 6.54 Å². The third kappa shape index (κ3) is 3.77. The van der Waals surface area contributed by atoms with Gasteiger partial charge in [-0.3, -0.25) is 4.90 Å². The number of carbonyl (C=O) groups excluding carboxylic acids is 1. The number of nitrogens with one attached hydrogen (secondary N) is 1. The molecule has 0 saturated carbocycles. The number of hydrogen-bond acceptors (Lipinski definition) is 1. The molecule has 17 heavy (non-hydrogen) atoms. The molecule has 0 heterocycles. The maximum Gasteiger partial charge on any atom is 0.321 e. The molecule has 1 rings (SSSR count). The fourth-order valence-corrected chi connectivity index (χ4v) is 1.76. The van der Waals surface area contributed by atoms with E-state index >= 15 is 0 Å². The van der Waals surface area contributed by atoms with E-state index in [1.165, 1.54) is 0 Å². The van der Waals surface area contributed by atoms with E-state index in [4.69, 9.17) is 0 Å². The van der Waals surface area contributed by atoms with Crippen molar-refractivity contribution in [1.82, 2.24) is 5.32 Å². The summed E-state index contributed by atoms with van der Waals surface area (Å²) < 4.78 is 0. The minimum absolute atomic E-state index is 0.00440. The van der Waals surface area contributed by atoms with Gasteiger partial charge in [0, 0.05) is 18.8 Å².